The molecule has 0 radical (unpaired) electrons. The normalized spacial score (nSPS) is 21.5. The van der Waals surface area contributed by atoms with Gasteiger partial charge in [-0.25, -0.2) is 0 Å². The van der Waals surface area contributed by atoms with Crippen LogP contribution in [0.1, 0.15) is 141 Å². The van der Waals surface area contributed by atoms with E-state index in [0.29, 0.717) is 156 Å². The summed E-state index contributed by atoms with van der Waals surface area (Å²) in [6, 6.07) is 1.35. The summed E-state index contributed by atoms with van der Waals surface area (Å²) in [5.41, 5.74) is 34.0. The van der Waals surface area contributed by atoms with Crippen molar-refractivity contribution in [2.75, 3.05) is 198 Å². The van der Waals surface area contributed by atoms with Crippen LogP contribution in [0.4, 0.5) is 0 Å². The molecule has 7 fully saturated rings. The van der Waals surface area contributed by atoms with E-state index >= 15 is 0 Å². The third-order valence-electron chi connectivity index (χ3n) is 17.3. The zero-order valence-corrected chi connectivity index (χ0v) is 89.5. The Morgan fingerprint density at radius 3 is 0.618 bits per heavy atom. The van der Waals surface area contributed by atoms with Crippen LogP contribution in [0, 0.1) is 23.7 Å². The average Bonchev–Trinajstić information content (AvgIpc) is 0.929. The molecule has 4 heterocycles. The van der Waals surface area contributed by atoms with Gasteiger partial charge < -0.3 is 172 Å². The molecule has 136 heavy (non-hydrogen) atoms. The molecule has 7 aliphatic rings. The van der Waals surface area contributed by atoms with Gasteiger partial charge in [-0.2, -0.15) is 0 Å². The van der Waals surface area contributed by atoms with Crippen LogP contribution < -0.4 is 95.7 Å². The van der Waals surface area contributed by atoms with Gasteiger partial charge in [-0.05, 0) is 76.3 Å². The van der Waals surface area contributed by atoms with Gasteiger partial charge in [0.1, 0.15) is 0 Å². The molecule has 3 aliphatic carbocycles. The fourth-order valence-corrected chi connectivity index (χ4v) is 13.2. The Balaban J connectivity index is -0.000000274. The molecule has 4 unspecified atom stereocenters. The minimum absolute atomic E-state index is 0. The van der Waals surface area contributed by atoms with E-state index < -0.39 is 109 Å². The van der Waals surface area contributed by atoms with Gasteiger partial charge in [-0.15, -0.1) is 0 Å². The van der Waals surface area contributed by atoms with Crippen LogP contribution in [0.5, 0.6) is 0 Å². The molecule has 0 aromatic carbocycles. The van der Waals surface area contributed by atoms with E-state index in [9.17, 15) is 119 Å². The summed E-state index contributed by atoms with van der Waals surface area (Å²) in [5.74, 6) is -22.1. The number of aliphatic carboxylic acids is 12. The number of ether oxygens (including phenoxy) is 12. The monoisotopic (exact) mass is 3050 g/mol. The van der Waals surface area contributed by atoms with Crippen molar-refractivity contribution in [2.45, 2.75) is 209 Å². The molecule has 4 aliphatic heterocycles. The number of rotatable bonds is 37. The first-order chi connectivity index (χ1) is 64.0. The Morgan fingerprint density at radius 1 is 0.272 bits per heavy atom. The topological polar surface area (TPSA) is 822 Å². The first kappa shape index (κ1) is 146. The van der Waals surface area contributed by atoms with Crippen LogP contribution in [-0.2, 0) is 275 Å². The summed E-state index contributed by atoms with van der Waals surface area (Å²) in [7, 11) is 0. The van der Waals surface area contributed by atoms with Gasteiger partial charge >= 0.3 is 400 Å². The van der Waals surface area contributed by atoms with E-state index in [1.807, 2.05) is 0 Å². The molecule has 56 heteroatoms. The molecule has 0 aromatic heterocycles. The molecule has 0 spiro atoms. The van der Waals surface area contributed by atoms with Crippen molar-refractivity contribution < 1.29 is 336 Å². The molecule has 814 valence electrons. The average molecular weight is 3060 g/mol. The summed E-state index contributed by atoms with van der Waals surface area (Å²) in [6.45, 7) is 14.2. The van der Waals surface area contributed by atoms with Gasteiger partial charge in [0, 0.05) is 123 Å². The number of carbonyl (C=O) groups is 12. The number of hydrogen-bond acceptors (Lipinski definition) is 50. The second-order valence-electron chi connectivity index (χ2n) is 28.3. The van der Waals surface area contributed by atoms with Crippen LogP contribution >= 0.6 is 0 Å². The van der Waals surface area contributed by atoms with Crippen LogP contribution in [-0.4, -0.2) is 318 Å². The number of carboxylic acids is 12. The zero-order valence-electron chi connectivity index (χ0n) is 75.9. The van der Waals surface area contributed by atoms with Crippen LogP contribution in [0.3, 0.4) is 0 Å². The molecule has 3 saturated carbocycles. The molecular formula is C80H136N6O44Pt6-4. The molecule has 50 nitrogen and oxygen atoms in total. The Morgan fingerprint density at radius 2 is 0.456 bits per heavy atom. The maximum atomic E-state index is 10.5. The van der Waals surface area contributed by atoms with E-state index in [1.165, 1.54) is 64.2 Å². The standard InChI is InChI=1S/C16H26O12.4C8H15O4.2C7H16N2.C6H14N2.4C3H4O4.6Pt/c17-13(18)11(14(19)20)1-3-25-5-7-27-9-10-28-8-6-26-4-2-12(15(21)22)16(23)24;4*1-2-8-7-10-4-3-9-5-6-11-12-8;2*8-5-6-3-1-2-4-7(6)9;7-5-3-1-2-4-6(5)8;4*4-2(5)1-3(6)7;;;;;;/h11-12H,1-10H2,(H,17,18)(H,19,20)(H,21,22)(H,23,24);4*8H,1-7H2;2*6-7H,1-5,8-9H2;5-6H,1-4,7-8H2;4*1H2,(H,4,5)(H,6,7);;;;;;/q;;;;;;;;;;;;4*+1;2*+2/p-12/t;;;;;2*6-,7-;5-,6-;;;;;;;;;;/m.....111........../s1. The first-order valence-electron chi connectivity index (χ1n) is 43.0. The van der Waals surface area contributed by atoms with Gasteiger partial charge in [-0.1, -0.05) is 38.5 Å². The van der Waals surface area contributed by atoms with E-state index in [-0.39, 0.29) is 144 Å². The third kappa shape index (κ3) is 108. The van der Waals surface area contributed by atoms with Crippen molar-refractivity contribution in [1.82, 2.24) is 0 Å². The number of carboxylic acid groups (broad SMARTS) is 12. The minimum atomic E-state index is -1.72. The number of nitrogens with two attached hydrogens (primary N) is 6. The summed E-state index contributed by atoms with van der Waals surface area (Å²) in [5, 5.41) is 116. The predicted octanol–water partition coefficient (Wildman–Crippen LogP) is -14.5. The number of hydrogen-bond donors (Lipinski definition) is 6. The number of carbonyl (C=O) groups excluding carboxylic acids is 12. The predicted molar refractivity (Wildman–Crippen MR) is 418 cm³/mol. The summed E-state index contributed by atoms with van der Waals surface area (Å²) in [4.78, 5) is 161. The van der Waals surface area contributed by atoms with Gasteiger partial charge in [0.05, 0.1) is 63.5 Å². The van der Waals surface area contributed by atoms with E-state index in [1.54, 1.807) is 0 Å². The molecule has 0 bridgehead atoms. The Labute approximate surface area is 866 Å². The van der Waals surface area contributed by atoms with E-state index in [0.717, 1.165) is 70.9 Å². The molecule has 0 aromatic rings. The summed E-state index contributed by atoms with van der Waals surface area (Å²) >= 11 is 9.20. The second kappa shape index (κ2) is 107. The third-order valence-corrected chi connectivity index (χ3v) is 20.0. The van der Waals surface area contributed by atoms with Crippen LogP contribution in [0.2, 0.25) is 19.2 Å². The molecule has 0 amide bonds. The molecule has 10 atom stereocenters. The van der Waals surface area contributed by atoms with Crippen LogP contribution in [0.25, 0.3) is 0 Å². The quantitative estimate of drug-likeness (QED) is 0.0191. The Kier molecular flexibility index (Phi) is 115. The molecule has 12 N–H and O–H groups in total. The maximum absolute atomic E-state index is 10.5. The fraction of sp³-hybridized carbons (Fsp3) is 0.850. The Bertz CT molecular complexity index is 2500. The van der Waals surface area contributed by atoms with Gasteiger partial charge in [0.25, 0.3) is 0 Å². The summed E-state index contributed by atoms with van der Waals surface area (Å²) < 4.78 is 62.4. The second-order valence-corrected chi connectivity index (χ2v) is 32.8. The zero-order chi connectivity index (χ0) is 102. The van der Waals surface area contributed by atoms with Gasteiger partial charge in [0.2, 0.25) is 0 Å². The van der Waals surface area contributed by atoms with Gasteiger partial charge in [0.15, 0.2) is 0 Å². The SMILES string of the molecule is NC[C@H]1CCCC[C@H]1N.NC[C@H]1CCCC[C@H]1N.N[C@@H]1CCCC[C@H]1N.O=C([O-])C(CCOCCOCCOCCOCCC(C(=O)[O-])C(=O)[O-])C(=O)[O-].O=C([O-])CC(=O)[O-].O=C([O-])CC(=O)[O-].O=C([O-])CC(=O)[O-].O=C([O-])CC(=O)[O-].[Pt+2].[Pt+2].[Pt+][CH2]CC1COCCOCCOO1.[Pt+][CH2]CC1COCCOCCOO1.[Pt+][CH2]CC1COCCOCCOO1.[Pt+][CH2]CC1COCCOCCOO1. The summed E-state index contributed by atoms with van der Waals surface area (Å²) in [6.07, 6.45) is 14.4. The van der Waals surface area contributed by atoms with Crippen molar-refractivity contribution in [3.8, 4) is 0 Å². The first-order valence-corrected chi connectivity index (χ1v) is 49.4. The van der Waals surface area contributed by atoms with Crippen molar-refractivity contribution in [3.05, 3.63) is 0 Å². The van der Waals surface area contributed by atoms with E-state index in [4.69, 9.17) is 130 Å². The van der Waals surface area contributed by atoms with Gasteiger partial charge in [-0.3, -0.25) is 0 Å². The van der Waals surface area contributed by atoms with Crippen LogP contribution in [0.15, 0.2) is 0 Å². The molecular weight excluding hydrogens is 2920 g/mol. The Hall–Kier alpha value is -3.27. The molecule has 4 saturated heterocycles. The van der Waals surface area contributed by atoms with Crippen molar-refractivity contribution >= 4 is 71.6 Å². The molecule has 7 rings (SSSR count). The van der Waals surface area contributed by atoms with Crippen molar-refractivity contribution in [3.63, 3.8) is 0 Å². The van der Waals surface area contributed by atoms with Crippen molar-refractivity contribution in [2.24, 2.45) is 58.1 Å². The fourth-order valence-electron chi connectivity index (χ4n) is 10.3. The van der Waals surface area contributed by atoms with E-state index in [2.05, 4.69) is 79.3 Å². The van der Waals surface area contributed by atoms with Crippen molar-refractivity contribution in [1.29, 1.82) is 0 Å².